The molecule has 1 rings (SSSR count). The van der Waals surface area contributed by atoms with E-state index in [-0.39, 0.29) is 6.42 Å². The molecule has 0 bridgehead atoms. The molecule has 0 aromatic rings. The van der Waals surface area contributed by atoms with Crippen molar-refractivity contribution in [1.29, 1.82) is 0 Å². The third-order valence-electron chi connectivity index (χ3n) is 3.34. The number of alkyl halides is 3. The number of amides is 2. The van der Waals surface area contributed by atoms with E-state index in [2.05, 4.69) is 5.32 Å². The molecule has 1 saturated heterocycles. The zero-order valence-corrected chi connectivity index (χ0v) is 12.1. The first-order valence-corrected chi connectivity index (χ1v) is 7.05. The highest BCUT2D eigenvalue weighted by atomic mass is 19.4. The van der Waals surface area contributed by atoms with Gasteiger partial charge >= 0.3 is 6.18 Å². The molecule has 0 aromatic heterocycles. The number of rotatable bonds is 7. The summed E-state index contributed by atoms with van der Waals surface area (Å²) >= 11 is 0. The lowest BCUT2D eigenvalue weighted by molar-refractivity contribution is -0.142. The normalized spacial score (nSPS) is 19.7. The third-order valence-corrected chi connectivity index (χ3v) is 3.34. The smallest absolute Gasteiger partial charge is 0.346 e. The van der Waals surface area contributed by atoms with Crippen LogP contribution in [0, 0.1) is 0 Å². The maximum absolute atomic E-state index is 12.1. The first-order valence-electron chi connectivity index (χ1n) is 7.05. The number of carbonyl (C=O) groups excluding carboxylic acids is 2. The maximum Gasteiger partial charge on any atom is 0.405 e. The minimum absolute atomic E-state index is 0.160. The van der Waals surface area contributed by atoms with Crippen molar-refractivity contribution in [2.45, 2.75) is 31.5 Å². The molecule has 1 unspecified atom stereocenters. The Labute approximate surface area is 126 Å². The second-order valence-electron chi connectivity index (χ2n) is 5.08. The summed E-state index contributed by atoms with van der Waals surface area (Å²) in [6.45, 7) is 0.661. The average Bonchev–Trinajstić information content (AvgIpc) is 2.48. The monoisotopic (exact) mass is 326 g/mol. The molecule has 1 aliphatic rings. The fourth-order valence-electron chi connectivity index (χ4n) is 2.23. The van der Waals surface area contributed by atoms with Crippen molar-refractivity contribution in [3.05, 3.63) is 0 Å². The Morgan fingerprint density at radius 1 is 1.32 bits per heavy atom. The van der Waals surface area contributed by atoms with Gasteiger partial charge in [-0.05, 0) is 19.4 Å². The molecule has 4 N–H and O–H groups in total. The lowest BCUT2D eigenvalue weighted by Crippen LogP contribution is -2.58. The molecule has 1 heterocycles. The Hall–Kier alpha value is -1.39. The average molecular weight is 326 g/mol. The maximum atomic E-state index is 12.1. The predicted octanol–water partition coefficient (Wildman–Crippen LogP) is -0.386. The molecule has 0 spiro atoms. The summed E-state index contributed by atoms with van der Waals surface area (Å²) in [5, 5.41) is 13.2. The standard InChI is InChI=1S/C12H21F3N4O3/c13-12(14,15)8-17-11(21)9-7-16-4-6-19(9)5-2-1-3-10(20)18-22/h9,16,22H,1-8H2,(H,17,21)(H,18,20). The lowest BCUT2D eigenvalue weighted by Gasteiger charge is -2.35. The second kappa shape index (κ2) is 8.91. The van der Waals surface area contributed by atoms with E-state index >= 15 is 0 Å². The summed E-state index contributed by atoms with van der Waals surface area (Å²) < 4.78 is 36.4. The van der Waals surface area contributed by atoms with Crippen LogP contribution in [0.15, 0.2) is 0 Å². The van der Waals surface area contributed by atoms with Crippen LogP contribution in [0.5, 0.6) is 0 Å². The van der Waals surface area contributed by atoms with Gasteiger partial charge in [-0.25, -0.2) is 5.48 Å². The van der Waals surface area contributed by atoms with Crippen LogP contribution in [0.25, 0.3) is 0 Å². The predicted molar refractivity (Wildman–Crippen MR) is 71.1 cm³/mol. The molecule has 22 heavy (non-hydrogen) atoms. The minimum atomic E-state index is -4.43. The van der Waals surface area contributed by atoms with Crippen LogP contribution in [0.4, 0.5) is 13.2 Å². The molecular formula is C12H21F3N4O3. The second-order valence-corrected chi connectivity index (χ2v) is 5.08. The number of hydroxylamine groups is 1. The van der Waals surface area contributed by atoms with Gasteiger partial charge in [0.15, 0.2) is 0 Å². The summed E-state index contributed by atoms with van der Waals surface area (Å²) in [5.41, 5.74) is 1.53. The van der Waals surface area contributed by atoms with Crippen LogP contribution in [-0.4, -0.2) is 66.9 Å². The number of nitrogens with one attached hydrogen (secondary N) is 3. The van der Waals surface area contributed by atoms with Gasteiger partial charge in [-0.15, -0.1) is 0 Å². The summed E-state index contributed by atoms with van der Waals surface area (Å²) in [6.07, 6.45) is -3.14. The zero-order chi connectivity index (χ0) is 16.6. The quantitative estimate of drug-likeness (QED) is 0.291. The molecule has 7 nitrogen and oxygen atoms in total. The van der Waals surface area contributed by atoms with Crippen LogP contribution in [0.3, 0.4) is 0 Å². The number of piperazine rings is 1. The number of nitrogens with zero attached hydrogens (tertiary/aromatic N) is 1. The van der Waals surface area contributed by atoms with Crippen LogP contribution in [-0.2, 0) is 9.59 Å². The van der Waals surface area contributed by atoms with E-state index in [0.717, 1.165) is 0 Å². The van der Waals surface area contributed by atoms with Gasteiger partial charge in [0, 0.05) is 26.1 Å². The van der Waals surface area contributed by atoms with E-state index in [0.29, 0.717) is 39.0 Å². The van der Waals surface area contributed by atoms with Crippen LogP contribution in [0.1, 0.15) is 19.3 Å². The van der Waals surface area contributed by atoms with Crippen LogP contribution >= 0.6 is 0 Å². The van der Waals surface area contributed by atoms with Crippen molar-refractivity contribution in [2.75, 3.05) is 32.7 Å². The Balaban J connectivity index is 2.39. The van der Waals surface area contributed by atoms with Gasteiger partial charge in [0.25, 0.3) is 0 Å². The van der Waals surface area contributed by atoms with Crippen molar-refractivity contribution < 1.29 is 28.0 Å². The lowest BCUT2D eigenvalue weighted by atomic mass is 10.1. The van der Waals surface area contributed by atoms with E-state index in [1.807, 2.05) is 5.32 Å². The minimum Gasteiger partial charge on any atom is -0.346 e. The van der Waals surface area contributed by atoms with E-state index in [9.17, 15) is 22.8 Å². The zero-order valence-electron chi connectivity index (χ0n) is 12.1. The highest BCUT2D eigenvalue weighted by Crippen LogP contribution is 2.13. The van der Waals surface area contributed by atoms with E-state index in [1.165, 1.54) is 5.48 Å². The Morgan fingerprint density at radius 3 is 2.68 bits per heavy atom. The molecule has 1 aliphatic heterocycles. The largest absolute Gasteiger partial charge is 0.405 e. The molecule has 1 atom stereocenters. The molecule has 0 aromatic carbocycles. The molecule has 0 saturated carbocycles. The Kier molecular flexibility index (Phi) is 7.56. The van der Waals surface area contributed by atoms with Crippen LogP contribution in [0.2, 0.25) is 0 Å². The molecule has 0 aliphatic carbocycles. The summed E-state index contributed by atoms with van der Waals surface area (Å²) in [5.74, 6) is -1.14. The molecule has 0 radical (unpaired) electrons. The first-order chi connectivity index (χ1) is 10.3. The number of hydrogen-bond acceptors (Lipinski definition) is 5. The Morgan fingerprint density at radius 2 is 2.05 bits per heavy atom. The van der Waals surface area contributed by atoms with E-state index < -0.39 is 30.6 Å². The summed E-state index contributed by atoms with van der Waals surface area (Å²) in [4.78, 5) is 24.5. The van der Waals surface area contributed by atoms with E-state index in [4.69, 9.17) is 5.21 Å². The highest BCUT2D eigenvalue weighted by molar-refractivity contribution is 5.82. The highest BCUT2D eigenvalue weighted by Gasteiger charge is 2.32. The SMILES string of the molecule is O=C(CCCCN1CCNCC1C(=O)NCC(F)(F)F)NO. The third kappa shape index (κ3) is 7.05. The van der Waals surface area contributed by atoms with Gasteiger partial charge in [0.1, 0.15) is 12.6 Å². The molecule has 2 amide bonds. The van der Waals surface area contributed by atoms with Gasteiger partial charge in [0.05, 0.1) is 0 Å². The first kappa shape index (κ1) is 18.7. The van der Waals surface area contributed by atoms with Gasteiger partial charge in [-0.1, -0.05) is 0 Å². The molecule has 1 fully saturated rings. The molecular weight excluding hydrogens is 305 g/mol. The van der Waals surface area contributed by atoms with Crippen molar-refractivity contribution in [1.82, 2.24) is 21.0 Å². The van der Waals surface area contributed by atoms with E-state index in [1.54, 1.807) is 4.90 Å². The van der Waals surface area contributed by atoms with Crippen LogP contribution < -0.4 is 16.1 Å². The van der Waals surface area contributed by atoms with Crippen molar-refractivity contribution >= 4 is 11.8 Å². The molecule has 128 valence electrons. The van der Waals surface area contributed by atoms with Gasteiger partial charge < -0.3 is 10.6 Å². The fourth-order valence-corrected chi connectivity index (χ4v) is 2.23. The van der Waals surface area contributed by atoms with Gasteiger partial charge in [0.2, 0.25) is 11.8 Å². The van der Waals surface area contributed by atoms with Gasteiger partial charge in [-0.3, -0.25) is 19.7 Å². The van der Waals surface area contributed by atoms with Gasteiger partial charge in [-0.2, -0.15) is 13.2 Å². The van der Waals surface area contributed by atoms with Crippen molar-refractivity contribution in [3.8, 4) is 0 Å². The fraction of sp³-hybridized carbons (Fsp3) is 0.833. The number of unbranched alkanes of at least 4 members (excludes halogenated alkanes) is 1. The molecule has 10 heteroatoms. The number of hydrogen-bond donors (Lipinski definition) is 4. The Bertz CT molecular complexity index is 379. The number of carbonyl (C=O) groups is 2. The number of halogens is 3. The summed E-state index contributed by atoms with van der Waals surface area (Å²) in [6, 6.07) is -0.650. The summed E-state index contributed by atoms with van der Waals surface area (Å²) in [7, 11) is 0. The van der Waals surface area contributed by atoms with Crippen molar-refractivity contribution in [3.63, 3.8) is 0 Å². The van der Waals surface area contributed by atoms with Crippen molar-refractivity contribution in [2.24, 2.45) is 0 Å². The topological polar surface area (TPSA) is 93.7 Å².